The van der Waals surface area contributed by atoms with Crippen LogP contribution in [0.2, 0.25) is 0 Å². The Balaban J connectivity index is 1.86. The van der Waals surface area contributed by atoms with Gasteiger partial charge in [0.1, 0.15) is 28.8 Å². The summed E-state index contributed by atoms with van der Waals surface area (Å²) in [6.07, 6.45) is -0.532. The number of ether oxygens (including phenoxy) is 2. The third-order valence-electron chi connectivity index (χ3n) is 4.90. The maximum atomic E-state index is 13.0. The molecule has 28 heavy (non-hydrogen) atoms. The summed E-state index contributed by atoms with van der Waals surface area (Å²) in [5.41, 5.74) is -1.15. The summed E-state index contributed by atoms with van der Waals surface area (Å²) in [6.45, 7) is 11.5. The van der Waals surface area contributed by atoms with Crippen LogP contribution >= 0.6 is 0 Å². The lowest BCUT2D eigenvalue weighted by Gasteiger charge is -2.36. The van der Waals surface area contributed by atoms with Crippen molar-refractivity contribution in [3.8, 4) is 5.75 Å². The van der Waals surface area contributed by atoms with E-state index >= 15 is 0 Å². The van der Waals surface area contributed by atoms with Crippen LogP contribution in [0.25, 0.3) is 0 Å². The van der Waals surface area contributed by atoms with Crippen LogP contribution in [0.1, 0.15) is 41.5 Å². The SMILES string of the molecule is CC(C)Oc1cccc(NC(=O)C2=C(O)[C@@]3(C)CO[C@H](C(C)(C)C)N3C2=O)c1. The van der Waals surface area contributed by atoms with Crippen LogP contribution in [-0.4, -0.2) is 46.3 Å². The molecule has 1 fully saturated rings. The van der Waals surface area contributed by atoms with Gasteiger partial charge >= 0.3 is 0 Å². The number of carbonyl (C=O) groups excluding carboxylic acids is 2. The predicted molar refractivity (Wildman–Crippen MR) is 105 cm³/mol. The summed E-state index contributed by atoms with van der Waals surface area (Å²) in [6, 6.07) is 6.92. The molecule has 0 saturated carbocycles. The van der Waals surface area contributed by atoms with E-state index in [1.54, 1.807) is 31.2 Å². The molecule has 0 unspecified atom stereocenters. The molecule has 152 valence electrons. The molecule has 0 spiro atoms. The van der Waals surface area contributed by atoms with Gasteiger partial charge in [0.2, 0.25) is 0 Å². The molecule has 2 amide bonds. The Morgan fingerprint density at radius 1 is 1.39 bits per heavy atom. The molecular weight excluding hydrogens is 360 g/mol. The fourth-order valence-corrected chi connectivity index (χ4v) is 3.60. The summed E-state index contributed by atoms with van der Waals surface area (Å²) in [7, 11) is 0. The van der Waals surface area contributed by atoms with Gasteiger partial charge in [0.25, 0.3) is 11.8 Å². The Hall–Kier alpha value is -2.54. The number of amides is 2. The van der Waals surface area contributed by atoms with Crippen molar-refractivity contribution in [1.29, 1.82) is 0 Å². The molecule has 2 N–H and O–H groups in total. The lowest BCUT2D eigenvalue weighted by Crippen LogP contribution is -2.50. The number of hydrogen-bond donors (Lipinski definition) is 2. The summed E-state index contributed by atoms with van der Waals surface area (Å²) < 4.78 is 11.4. The highest BCUT2D eigenvalue weighted by molar-refractivity contribution is 6.25. The van der Waals surface area contributed by atoms with Gasteiger partial charge in [-0.15, -0.1) is 0 Å². The summed E-state index contributed by atoms with van der Waals surface area (Å²) in [5, 5.41) is 13.4. The molecule has 0 aliphatic carbocycles. The Kier molecular flexibility index (Phi) is 4.91. The van der Waals surface area contributed by atoms with Crippen LogP contribution in [0.15, 0.2) is 35.6 Å². The first-order chi connectivity index (χ1) is 12.9. The molecule has 2 aliphatic rings. The number of rotatable bonds is 4. The van der Waals surface area contributed by atoms with Gasteiger partial charge < -0.3 is 19.9 Å². The Bertz CT molecular complexity index is 839. The average Bonchev–Trinajstić information content (AvgIpc) is 3.01. The standard InChI is InChI=1S/C21H28N2O5/c1-12(2)28-14-9-7-8-13(10-14)22-17(25)15-16(24)21(6)11-27-19(20(3,4)5)23(21)18(15)26/h7-10,12,19,24H,11H2,1-6H3,(H,22,25)/t19-,21-/m1/s1. The number of hydrogen-bond acceptors (Lipinski definition) is 5. The zero-order chi connectivity index (χ0) is 20.9. The van der Waals surface area contributed by atoms with Gasteiger partial charge in [0.05, 0.1) is 12.7 Å². The second-order valence-corrected chi connectivity index (χ2v) is 8.85. The molecule has 0 bridgehead atoms. The lowest BCUT2D eigenvalue weighted by atomic mass is 9.92. The van der Waals surface area contributed by atoms with E-state index in [2.05, 4.69) is 5.32 Å². The first-order valence-corrected chi connectivity index (χ1v) is 9.42. The molecule has 1 aromatic carbocycles. The van der Waals surface area contributed by atoms with Gasteiger partial charge in [-0.2, -0.15) is 0 Å². The molecule has 0 aromatic heterocycles. The lowest BCUT2D eigenvalue weighted by molar-refractivity contribution is -0.140. The average molecular weight is 388 g/mol. The number of benzene rings is 1. The number of aliphatic hydroxyl groups is 1. The van der Waals surface area contributed by atoms with Gasteiger partial charge in [0, 0.05) is 17.2 Å². The minimum absolute atomic E-state index is 0.00410. The predicted octanol–water partition coefficient (Wildman–Crippen LogP) is 3.23. The maximum absolute atomic E-state index is 13.0. The van der Waals surface area contributed by atoms with Crippen LogP contribution in [-0.2, 0) is 14.3 Å². The molecule has 1 aromatic rings. The van der Waals surface area contributed by atoms with Gasteiger partial charge in [-0.05, 0) is 32.9 Å². The molecule has 2 aliphatic heterocycles. The van der Waals surface area contributed by atoms with E-state index < -0.39 is 23.6 Å². The number of aliphatic hydroxyl groups excluding tert-OH is 1. The molecule has 2 heterocycles. The number of fused-ring (bicyclic) bond motifs is 1. The van der Waals surface area contributed by atoms with Crippen molar-refractivity contribution in [2.75, 3.05) is 11.9 Å². The van der Waals surface area contributed by atoms with E-state index in [-0.39, 0.29) is 29.5 Å². The first kappa shape index (κ1) is 20.2. The number of nitrogens with zero attached hydrogens (tertiary/aromatic N) is 1. The highest BCUT2D eigenvalue weighted by Crippen LogP contribution is 2.45. The molecule has 2 atom stereocenters. The van der Waals surface area contributed by atoms with E-state index in [4.69, 9.17) is 9.47 Å². The van der Waals surface area contributed by atoms with Crippen molar-refractivity contribution < 1.29 is 24.2 Å². The largest absolute Gasteiger partial charge is 0.509 e. The fraction of sp³-hybridized carbons (Fsp3) is 0.524. The van der Waals surface area contributed by atoms with Crippen molar-refractivity contribution in [2.45, 2.75) is 59.4 Å². The van der Waals surface area contributed by atoms with Crippen LogP contribution < -0.4 is 10.1 Å². The monoisotopic (exact) mass is 388 g/mol. The van der Waals surface area contributed by atoms with Crippen molar-refractivity contribution in [3.63, 3.8) is 0 Å². The maximum Gasteiger partial charge on any atom is 0.265 e. The van der Waals surface area contributed by atoms with E-state index in [1.165, 1.54) is 4.90 Å². The van der Waals surface area contributed by atoms with Crippen LogP contribution in [0, 0.1) is 5.41 Å². The van der Waals surface area contributed by atoms with Gasteiger partial charge in [-0.25, -0.2) is 0 Å². The molecule has 7 heteroatoms. The zero-order valence-electron chi connectivity index (χ0n) is 17.2. The number of carbonyl (C=O) groups is 2. The van der Waals surface area contributed by atoms with Gasteiger partial charge in [-0.3, -0.25) is 14.5 Å². The topological polar surface area (TPSA) is 88.1 Å². The summed E-state index contributed by atoms with van der Waals surface area (Å²) in [5.74, 6) is -0.814. The normalized spacial score (nSPS) is 24.8. The number of anilines is 1. The minimum Gasteiger partial charge on any atom is -0.509 e. The van der Waals surface area contributed by atoms with E-state index in [0.717, 1.165) is 0 Å². The fourth-order valence-electron chi connectivity index (χ4n) is 3.60. The quantitative estimate of drug-likeness (QED) is 0.773. The van der Waals surface area contributed by atoms with E-state index in [1.807, 2.05) is 34.6 Å². The van der Waals surface area contributed by atoms with Crippen molar-refractivity contribution in [3.05, 3.63) is 35.6 Å². The van der Waals surface area contributed by atoms with Crippen LogP contribution in [0.4, 0.5) is 5.69 Å². The zero-order valence-corrected chi connectivity index (χ0v) is 17.2. The molecular formula is C21H28N2O5. The third-order valence-corrected chi connectivity index (χ3v) is 4.90. The summed E-state index contributed by atoms with van der Waals surface area (Å²) >= 11 is 0. The minimum atomic E-state index is -1.04. The third kappa shape index (κ3) is 3.35. The number of nitrogens with one attached hydrogen (secondary N) is 1. The second kappa shape index (κ2) is 6.81. The Labute approximate surface area is 165 Å². The molecule has 1 saturated heterocycles. The van der Waals surface area contributed by atoms with Crippen LogP contribution in [0.5, 0.6) is 5.75 Å². The van der Waals surface area contributed by atoms with Crippen molar-refractivity contribution >= 4 is 17.5 Å². The Morgan fingerprint density at radius 3 is 2.68 bits per heavy atom. The van der Waals surface area contributed by atoms with E-state index in [9.17, 15) is 14.7 Å². The van der Waals surface area contributed by atoms with E-state index in [0.29, 0.717) is 11.4 Å². The second-order valence-electron chi connectivity index (χ2n) is 8.85. The van der Waals surface area contributed by atoms with Crippen LogP contribution in [0.3, 0.4) is 0 Å². The molecule has 7 nitrogen and oxygen atoms in total. The smallest absolute Gasteiger partial charge is 0.265 e. The van der Waals surface area contributed by atoms with Crippen molar-refractivity contribution in [1.82, 2.24) is 4.90 Å². The molecule has 3 rings (SSSR count). The summed E-state index contributed by atoms with van der Waals surface area (Å²) in [4.78, 5) is 27.4. The highest BCUT2D eigenvalue weighted by atomic mass is 16.5. The highest BCUT2D eigenvalue weighted by Gasteiger charge is 2.60. The molecule has 0 radical (unpaired) electrons. The first-order valence-electron chi connectivity index (χ1n) is 9.42. The van der Waals surface area contributed by atoms with Crippen molar-refractivity contribution in [2.24, 2.45) is 5.41 Å². The van der Waals surface area contributed by atoms with Gasteiger partial charge in [0.15, 0.2) is 0 Å². The Morgan fingerprint density at radius 2 is 2.07 bits per heavy atom. The van der Waals surface area contributed by atoms with Gasteiger partial charge in [-0.1, -0.05) is 26.8 Å².